The SMILES string of the molecule is CN(C)C1CCN(c2ccccc2C=C2SC(=O)NC2=O)CC1. The highest BCUT2D eigenvalue weighted by molar-refractivity contribution is 8.18. The molecule has 122 valence electrons. The summed E-state index contributed by atoms with van der Waals surface area (Å²) in [6, 6.07) is 8.69. The fourth-order valence-corrected chi connectivity index (χ4v) is 3.76. The lowest BCUT2D eigenvalue weighted by Gasteiger charge is -2.37. The minimum Gasteiger partial charge on any atom is -0.371 e. The minimum absolute atomic E-state index is 0.300. The van der Waals surface area contributed by atoms with Gasteiger partial charge in [-0.15, -0.1) is 0 Å². The summed E-state index contributed by atoms with van der Waals surface area (Å²) in [5, 5.41) is 2.00. The van der Waals surface area contributed by atoms with Crippen molar-refractivity contribution in [3.8, 4) is 0 Å². The zero-order valence-electron chi connectivity index (χ0n) is 13.4. The maximum Gasteiger partial charge on any atom is 0.290 e. The number of hydrogen-bond acceptors (Lipinski definition) is 5. The lowest BCUT2D eigenvalue weighted by atomic mass is 10.0. The number of carbonyl (C=O) groups excluding carboxylic acids is 2. The highest BCUT2D eigenvalue weighted by atomic mass is 32.2. The van der Waals surface area contributed by atoms with Gasteiger partial charge in [0.1, 0.15) is 0 Å². The predicted molar refractivity (Wildman–Crippen MR) is 94.5 cm³/mol. The maximum absolute atomic E-state index is 11.8. The molecular weight excluding hydrogens is 310 g/mol. The predicted octanol–water partition coefficient (Wildman–Crippen LogP) is 2.54. The van der Waals surface area contributed by atoms with Crippen molar-refractivity contribution >= 4 is 34.7 Å². The average molecular weight is 331 g/mol. The summed E-state index contributed by atoms with van der Waals surface area (Å²) in [5.74, 6) is -0.305. The van der Waals surface area contributed by atoms with E-state index < -0.39 is 0 Å². The first-order valence-electron chi connectivity index (χ1n) is 7.80. The second-order valence-corrected chi connectivity index (χ2v) is 7.11. The molecule has 0 spiro atoms. The van der Waals surface area contributed by atoms with Crippen LogP contribution >= 0.6 is 11.8 Å². The van der Waals surface area contributed by atoms with E-state index in [1.807, 2.05) is 24.3 Å². The summed E-state index contributed by atoms with van der Waals surface area (Å²) >= 11 is 0.965. The number of imide groups is 1. The van der Waals surface area contributed by atoms with Crippen LogP contribution < -0.4 is 10.2 Å². The Bertz CT molecular complexity index is 649. The van der Waals surface area contributed by atoms with Crippen LogP contribution in [-0.4, -0.2) is 49.3 Å². The summed E-state index contributed by atoms with van der Waals surface area (Å²) < 4.78 is 0. The standard InChI is InChI=1S/C17H21N3O2S/c1-19(2)13-7-9-20(10-8-13)14-6-4-3-5-12(14)11-15-16(21)18-17(22)23-15/h3-6,11,13H,7-10H2,1-2H3,(H,18,21,22). The fraction of sp³-hybridized carbons (Fsp3) is 0.412. The molecule has 0 bridgehead atoms. The lowest BCUT2D eigenvalue weighted by Crippen LogP contribution is -2.42. The fourth-order valence-electron chi connectivity index (χ4n) is 3.08. The number of thioether (sulfide) groups is 1. The van der Waals surface area contributed by atoms with Crippen molar-refractivity contribution in [2.45, 2.75) is 18.9 Å². The number of amides is 2. The van der Waals surface area contributed by atoms with Crippen LogP contribution in [0.5, 0.6) is 0 Å². The molecular formula is C17H21N3O2S. The van der Waals surface area contributed by atoms with Gasteiger partial charge in [0.05, 0.1) is 4.91 Å². The first-order chi connectivity index (χ1) is 11.0. The van der Waals surface area contributed by atoms with Crippen molar-refractivity contribution in [1.82, 2.24) is 10.2 Å². The first kappa shape index (κ1) is 16.1. The number of piperidine rings is 1. The molecule has 1 aromatic rings. The number of nitrogens with one attached hydrogen (secondary N) is 1. The van der Waals surface area contributed by atoms with Crippen LogP contribution in [0.1, 0.15) is 18.4 Å². The molecule has 2 amide bonds. The number of para-hydroxylation sites is 1. The van der Waals surface area contributed by atoms with Gasteiger partial charge in [-0.05, 0) is 56.4 Å². The second-order valence-electron chi connectivity index (χ2n) is 6.09. The average Bonchev–Trinajstić information content (AvgIpc) is 2.85. The Balaban J connectivity index is 1.81. The third-order valence-corrected chi connectivity index (χ3v) is 5.21. The number of hydrogen-bond donors (Lipinski definition) is 1. The highest BCUT2D eigenvalue weighted by Gasteiger charge is 2.26. The molecule has 0 aliphatic carbocycles. The van der Waals surface area contributed by atoms with E-state index in [0.29, 0.717) is 10.9 Å². The number of benzene rings is 1. The third kappa shape index (κ3) is 3.59. The molecule has 0 atom stereocenters. The van der Waals surface area contributed by atoms with Gasteiger partial charge in [-0.3, -0.25) is 14.9 Å². The minimum atomic E-state index is -0.305. The number of nitrogens with zero attached hydrogens (tertiary/aromatic N) is 2. The largest absolute Gasteiger partial charge is 0.371 e. The zero-order valence-corrected chi connectivity index (χ0v) is 14.2. The van der Waals surface area contributed by atoms with E-state index in [-0.39, 0.29) is 11.1 Å². The van der Waals surface area contributed by atoms with Gasteiger partial charge < -0.3 is 9.80 Å². The smallest absolute Gasteiger partial charge is 0.290 e. The molecule has 0 unspecified atom stereocenters. The molecule has 0 aromatic heterocycles. The topological polar surface area (TPSA) is 52.6 Å². The van der Waals surface area contributed by atoms with E-state index in [0.717, 1.165) is 48.9 Å². The molecule has 2 aliphatic rings. The Morgan fingerprint density at radius 1 is 1.22 bits per heavy atom. The van der Waals surface area contributed by atoms with Gasteiger partial charge in [0, 0.05) is 24.8 Å². The van der Waals surface area contributed by atoms with Gasteiger partial charge >= 0.3 is 0 Å². The Morgan fingerprint density at radius 3 is 2.52 bits per heavy atom. The molecule has 2 heterocycles. The molecule has 23 heavy (non-hydrogen) atoms. The summed E-state index contributed by atoms with van der Waals surface area (Å²) in [6.45, 7) is 2.00. The highest BCUT2D eigenvalue weighted by Crippen LogP contribution is 2.31. The molecule has 1 aromatic carbocycles. The van der Waals surface area contributed by atoms with E-state index >= 15 is 0 Å². The van der Waals surface area contributed by atoms with Crippen molar-refractivity contribution in [3.05, 3.63) is 34.7 Å². The number of rotatable bonds is 3. The van der Waals surface area contributed by atoms with Gasteiger partial charge in [0.2, 0.25) is 0 Å². The van der Waals surface area contributed by atoms with Crippen LogP contribution in [0.3, 0.4) is 0 Å². The van der Waals surface area contributed by atoms with Crippen molar-refractivity contribution in [2.24, 2.45) is 0 Å². The van der Waals surface area contributed by atoms with Gasteiger partial charge in [0.15, 0.2) is 0 Å². The van der Waals surface area contributed by atoms with Crippen molar-refractivity contribution < 1.29 is 9.59 Å². The molecule has 2 saturated heterocycles. The molecule has 1 N–H and O–H groups in total. The summed E-state index contributed by atoms with van der Waals surface area (Å²) in [4.78, 5) is 28.2. The van der Waals surface area contributed by atoms with E-state index in [1.54, 1.807) is 0 Å². The van der Waals surface area contributed by atoms with Crippen molar-refractivity contribution in [3.63, 3.8) is 0 Å². The van der Waals surface area contributed by atoms with Crippen molar-refractivity contribution in [2.75, 3.05) is 32.1 Å². The molecule has 0 saturated carbocycles. The van der Waals surface area contributed by atoms with Gasteiger partial charge in [-0.2, -0.15) is 0 Å². The quantitative estimate of drug-likeness (QED) is 0.863. The molecule has 2 aliphatic heterocycles. The van der Waals surface area contributed by atoms with Crippen LogP contribution in [0.15, 0.2) is 29.2 Å². The summed E-state index contributed by atoms with van der Waals surface area (Å²) in [6.07, 6.45) is 4.08. The first-order valence-corrected chi connectivity index (χ1v) is 8.61. The Kier molecular flexibility index (Phi) is 4.73. The summed E-state index contributed by atoms with van der Waals surface area (Å²) in [7, 11) is 4.26. The Hall–Kier alpha value is -1.79. The van der Waals surface area contributed by atoms with Gasteiger partial charge in [-0.25, -0.2) is 0 Å². The summed E-state index contributed by atoms with van der Waals surface area (Å²) in [5.41, 5.74) is 2.12. The lowest BCUT2D eigenvalue weighted by molar-refractivity contribution is -0.115. The van der Waals surface area contributed by atoms with Crippen molar-refractivity contribution in [1.29, 1.82) is 0 Å². The number of carbonyl (C=O) groups is 2. The van der Waals surface area contributed by atoms with Crippen LogP contribution in [0.2, 0.25) is 0 Å². The van der Waals surface area contributed by atoms with Crippen LogP contribution in [-0.2, 0) is 4.79 Å². The zero-order chi connectivity index (χ0) is 16.4. The van der Waals surface area contributed by atoms with Gasteiger partial charge in [0.25, 0.3) is 11.1 Å². The van der Waals surface area contributed by atoms with E-state index in [9.17, 15) is 9.59 Å². The Morgan fingerprint density at radius 2 is 1.91 bits per heavy atom. The molecule has 5 nitrogen and oxygen atoms in total. The van der Waals surface area contributed by atoms with Crippen LogP contribution in [0.4, 0.5) is 10.5 Å². The normalized spacial score (nSPS) is 21.3. The maximum atomic E-state index is 11.8. The second kappa shape index (κ2) is 6.76. The molecule has 6 heteroatoms. The number of anilines is 1. The van der Waals surface area contributed by atoms with E-state index in [4.69, 9.17) is 0 Å². The monoisotopic (exact) mass is 331 g/mol. The molecule has 3 rings (SSSR count). The van der Waals surface area contributed by atoms with E-state index in [1.165, 1.54) is 0 Å². The van der Waals surface area contributed by atoms with Crippen LogP contribution in [0.25, 0.3) is 6.08 Å². The molecule has 0 radical (unpaired) electrons. The molecule has 2 fully saturated rings. The van der Waals surface area contributed by atoms with Gasteiger partial charge in [-0.1, -0.05) is 18.2 Å². The van der Waals surface area contributed by atoms with Crippen LogP contribution in [0, 0.1) is 0 Å². The van der Waals surface area contributed by atoms with E-state index in [2.05, 4.69) is 35.3 Å². The Labute approximate surface area is 140 Å². The third-order valence-electron chi connectivity index (χ3n) is 4.40.